The van der Waals surface area contributed by atoms with E-state index in [9.17, 15) is 0 Å². The van der Waals surface area contributed by atoms with Crippen LogP contribution in [0.25, 0.3) is 11.3 Å². The lowest BCUT2D eigenvalue weighted by molar-refractivity contribution is -0.529. The van der Waals surface area contributed by atoms with Crippen LogP contribution in [0, 0.1) is 5.41 Å². The maximum absolute atomic E-state index is 8.84. The number of aryl methyl sites for hydroxylation is 1. The Kier molecular flexibility index (Phi) is 8.02. The lowest BCUT2D eigenvalue weighted by Gasteiger charge is -2.34. The molecule has 2 aliphatic rings. The maximum atomic E-state index is 8.84. The van der Waals surface area contributed by atoms with Crippen LogP contribution in [0.3, 0.4) is 0 Å². The Morgan fingerprint density at radius 3 is 2.54 bits per heavy atom. The fourth-order valence-electron chi connectivity index (χ4n) is 5.12. The summed E-state index contributed by atoms with van der Waals surface area (Å²) < 4.78 is 11.1. The zero-order valence-electron chi connectivity index (χ0n) is 22.8. The summed E-state index contributed by atoms with van der Waals surface area (Å²) in [5.41, 5.74) is 6.68. The van der Waals surface area contributed by atoms with Gasteiger partial charge in [0.15, 0.2) is 0 Å². The van der Waals surface area contributed by atoms with Gasteiger partial charge in [0, 0.05) is 49.8 Å². The molecule has 1 aliphatic heterocycles. The molecule has 204 valence electrons. The minimum atomic E-state index is 0.447. The molecule has 1 fully saturated rings. The van der Waals surface area contributed by atoms with Crippen LogP contribution in [-0.4, -0.2) is 75.1 Å². The minimum absolute atomic E-state index is 0.447. The molecule has 10 heteroatoms. The summed E-state index contributed by atoms with van der Waals surface area (Å²) in [6.45, 7) is 4.04. The van der Waals surface area contributed by atoms with E-state index in [4.69, 9.17) is 31.5 Å². The van der Waals surface area contributed by atoms with E-state index in [2.05, 4.69) is 39.3 Å². The molecule has 0 spiro atoms. The number of rotatable bonds is 7. The Hall–Kier alpha value is -3.66. The predicted molar refractivity (Wildman–Crippen MR) is 157 cm³/mol. The fraction of sp³-hybridized carbons (Fsp3) is 0.345. The van der Waals surface area contributed by atoms with E-state index in [0.717, 1.165) is 71.4 Å². The second kappa shape index (κ2) is 11.6. The summed E-state index contributed by atoms with van der Waals surface area (Å²) in [6, 6.07) is 11.8. The molecule has 2 heterocycles. The highest BCUT2D eigenvalue weighted by molar-refractivity contribution is 6.34. The van der Waals surface area contributed by atoms with Gasteiger partial charge in [-0.2, -0.15) is 0 Å². The van der Waals surface area contributed by atoms with Crippen molar-refractivity contribution in [2.24, 2.45) is 0 Å². The number of likely N-dealkylation sites (N-methyl/N-ethyl adjacent to an activating group) is 1. The summed E-state index contributed by atoms with van der Waals surface area (Å²) in [5, 5.41) is 14.7. The first kappa shape index (κ1) is 26.9. The van der Waals surface area contributed by atoms with Crippen molar-refractivity contribution < 1.29 is 14.8 Å². The molecular weight excluding hydrogens is 514 g/mol. The predicted octanol–water partition coefficient (Wildman–Crippen LogP) is 3.67. The third kappa shape index (κ3) is 5.56. The van der Waals surface area contributed by atoms with Crippen molar-refractivity contribution in [3.63, 3.8) is 0 Å². The number of fused-ring (bicyclic) bond motifs is 1. The fourth-order valence-corrected chi connectivity index (χ4v) is 5.40. The number of benzene rings is 2. The monoisotopic (exact) mass is 548 g/mol. The number of halogens is 1. The summed E-state index contributed by atoms with van der Waals surface area (Å²) in [5.74, 6) is 1.86. The number of ether oxygens (including phenoxy) is 2. The van der Waals surface area contributed by atoms with Gasteiger partial charge in [0.1, 0.15) is 17.2 Å². The van der Waals surface area contributed by atoms with E-state index in [1.807, 2.05) is 36.8 Å². The van der Waals surface area contributed by atoms with Crippen molar-refractivity contribution in [1.29, 1.82) is 5.41 Å². The standard InChI is InChI=1S/C29H34ClN7O2/c1-32-28(21-8-7-20(38-3)16-22(21)30)26-23(31)9-5-18-17-33-29(35-27(18)26)34-24-10-6-19(15-25(24)39-4)37-13-11-36(2)12-14-37/h6-8,10,15-17,31-32H,5,9,11-14H2,1-4H3,(H,33,34,35)/p+1. The number of quaternary nitrogens is 1. The molecule has 39 heavy (non-hydrogen) atoms. The zero-order valence-corrected chi connectivity index (χ0v) is 23.6. The normalized spacial score (nSPS) is 17.1. The molecule has 0 amide bonds. The number of aromatic nitrogens is 2. The van der Waals surface area contributed by atoms with Crippen LogP contribution >= 0.6 is 11.6 Å². The molecule has 1 saturated heterocycles. The van der Waals surface area contributed by atoms with Crippen molar-refractivity contribution in [1.82, 2.24) is 14.9 Å². The quantitative estimate of drug-likeness (QED) is 0.414. The Labute approximate surface area is 234 Å². The van der Waals surface area contributed by atoms with Gasteiger partial charge in [0.2, 0.25) is 5.95 Å². The second-order valence-electron chi connectivity index (χ2n) is 9.77. The smallest absolute Gasteiger partial charge is 0.227 e. The molecule has 2 aromatic carbocycles. The summed E-state index contributed by atoms with van der Waals surface area (Å²) in [4.78, 5) is 14.2. The Morgan fingerprint density at radius 1 is 1.05 bits per heavy atom. The molecule has 9 nitrogen and oxygen atoms in total. The van der Waals surface area contributed by atoms with Gasteiger partial charge >= 0.3 is 0 Å². The largest absolute Gasteiger partial charge is 0.497 e. The molecule has 5 rings (SSSR count). The van der Waals surface area contributed by atoms with Gasteiger partial charge in [0.25, 0.3) is 0 Å². The van der Waals surface area contributed by atoms with Crippen molar-refractivity contribution in [3.05, 3.63) is 64.4 Å². The van der Waals surface area contributed by atoms with Crippen LogP contribution in [0.2, 0.25) is 5.02 Å². The number of piperazine rings is 1. The molecule has 1 aliphatic carbocycles. The molecule has 3 aromatic rings. The average molecular weight is 549 g/mol. The first-order valence-corrected chi connectivity index (χ1v) is 13.5. The average Bonchev–Trinajstić information content (AvgIpc) is 2.95. The maximum Gasteiger partial charge on any atom is 0.227 e. The van der Waals surface area contributed by atoms with Crippen LogP contribution in [0.1, 0.15) is 23.2 Å². The van der Waals surface area contributed by atoms with Gasteiger partial charge in [-0.3, -0.25) is 0 Å². The van der Waals surface area contributed by atoms with Crippen LogP contribution in [0.15, 0.2) is 42.6 Å². The minimum Gasteiger partial charge on any atom is -0.497 e. The number of allylic oxidation sites excluding steroid dienone is 1. The molecular formula is C29H35ClN7O2+. The number of methoxy groups -OCH3 is 2. The molecule has 0 saturated carbocycles. The molecule has 0 atom stereocenters. The summed E-state index contributed by atoms with van der Waals surface area (Å²) >= 11 is 6.65. The second-order valence-corrected chi connectivity index (χ2v) is 10.2. The highest BCUT2D eigenvalue weighted by Crippen LogP contribution is 2.36. The van der Waals surface area contributed by atoms with Gasteiger partial charge in [-0.15, -0.1) is 0 Å². The topological polar surface area (TPSA) is 103 Å². The Balaban J connectivity index is 1.50. The van der Waals surface area contributed by atoms with E-state index in [1.165, 1.54) is 0 Å². The number of hydrogen-bond donors (Lipinski definition) is 3. The van der Waals surface area contributed by atoms with Gasteiger partial charge in [-0.1, -0.05) is 11.6 Å². The van der Waals surface area contributed by atoms with E-state index >= 15 is 0 Å². The summed E-state index contributed by atoms with van der Waals surface area (Å²) in [6.07, 6.45) is 3.19. The van der Waals surface area contributed by atoms with E-state index in [0.29, 0.717) is 35.3 Å². The molecule has 0 unspecified atom stereocenters. The van der Waals surface area contributed by atoms with Gasteiger partial charge in [-0.25, -0.2) is 9.97 Å². The van der Waals surface area contributed by atoms with Crippen LogP contribution in [0.5, 0.6) is 11.5 Å². The number of hydrogen-bond acceptors (Lipinski definition) is 8. The number of nitrogens with one attached hydrogen (secondary N) is 2. The first-order chi connectivity index (χ1) is 18.9. The molecule has 1 aromatic heterocycles. The van der Waals surface area contributed by atoms with Crippen molar-refractivity contribution in [3.8, 4) is 11.5 Å². The lowest BCUT2D eigenvalue weighted by atomic mass is 9.87. The highest BCUT2D eigenvalue weighted by Gasteiger charge is 2.28. The van der Waals surface area contributed by atoms with Crippen LogP contribution in [-0.2, 0) is 6.42 Å². The number of nitrogens with two attached hydrogens (primary N) is 1. The number of anilines is 3. The zero-order chi connectivity index (χ0) is 27.5. The molecule has 0 radical (unpaired) electrons. The SMILES string of the molecule is C[NH2+]C(=C1C(=N)CCc2cnc(Nc3ccc(N4CCN(C)CC4)cc3OC)nc21)c1ccc(OC)cc1Cl. The van der Waals surface area contributed by atoms with Gasteiger partial charge in [-0.05, 0) is 55.8 Å². The molecule has 0 bridgehead atoms. The van der Waals surface area contributed by atoms with Crippen molar-refractivity contribution >= 4 is 45.9 Å². The van der Waals surface area contributed by atoms with E-state index in [-0.39, 0.29) is 0 Å². The third-order valence-corrected chi connectivity index (χ3v) is 7.68. The van der Waals surface area contributed by atoms with Crippen molar-refractivity contribution in [2.45, 2.75) is 12.8 Å². The highest BCUT2D eigenvalue weighted by atomic mass is 35.5. The van der Waals surface area contributed by atoms with E-state index in [1.54, 1.807) is 20.3 Å². The van der Waals surface area contributed by atoms with E-state index < -0.39 is 0 Å². The van der Waals surface area contributed by atoms with Gasteiger partial charge in [0.05, 0.1) is 48.8 Å². The van der Waals surface area contributed by atoms with Crippen molar-refractivity contribution in [2.75, 3.05) is 64.7 Å². The first-order valence-electron chi connectivity index (χ1n) is 13.1. The Bertz CT molecular complexity index is 1420. The Morgan fingerprint density at radius 2 is 1.85 bits per heavy atom. The lowest BCUT2D eigenvalue weighted by Crippen LogP contribution is -2.76. The summed E-state index contributed by atoms with van der Waals surface area (Å²) in [7, 11) is 7.40. The van der Waals surface area contributed by atoms with Crippen LogP contribution < -0.4 is 25.0 Å². The molecule has 4 N–H and O–H groups in total. The van der Waals surface area contributed by atoms with Crippen LogP contribution in [0.4, 0.5) is 17.3 Å². The van der Waals surface area contributed by atoms with Gasteiger partial charge < -0.3 is 35.3 Å². The number of nitrogens with zero attached hydrogens (tertiary/aromatic N) is 4. The third-order valence-electron chi connectivity index (χ3n) is 7.37.